The summed E-state index contributed by atoms with van der Waals surface area (Å²) in [5.74, 6) is 0.982. The van der Waals surface area contributed by atoms with Gasteiger partial charge in [-0.25, -0.2) is 5.43 Å². The van der Waals surface area contributed by atoms with Gasteiger partial charge in [-0.2, -0.15) is 20.1 Å². The Morgan fingerprint density at radius 3 is 2.14 bits per heavy atom. The highest BCUT2D eigenvalue weighted by Crippen LogP contribution is 2.22. The molecule has 0 unspecified atom stereocenters. The Morgan fingerprint density at radius 1 is 0.892 bits per heavy atom. The minimum Gasteiger partial charge on any atom is -0.341 e. The van der Waals surface area contributed by atoms with E-state index in [1.165, 1.54) is 31.9 Å². The molecule has 0 radical (unpaired) electrons. The molecule has 3 N–H and O–H groups in total. The molecule has 0 bridgehead atoms. The van der Waals surface area contributed by atoms with Crippen molar-refractivity contribution in [1.82, 2.24) is 15.0 Å². The number of aromatic nitrogens is 3. The van der Waals surface area contributed by atoms with E-state index in [0.29, 0.717) is 29.0 Å². The van der Waals surface area contributed by atoms with Gasteiger partial charge in [-0.1, -0.05) is 25.0 Å². The number of anilines is 5. The highest BCUT2D eigenvalue weighted by molar-refractivity contribution is 5.99. The van der Waals surface area contributed by atoms with Gasteiger partial charge in [-0.05, 0) is 49.6 Å². The lowest BCUT2D eigenvalue weighted by atomic mass is 10.1. The fourth-order valence-electron chi connectivity index (χ4n) is 3.87. The summed E-state index contributed by atoms with van der Waals surface area (Å²) in [4.78, 5) is 37.6. The third-order valence-corrected chi connectivity index (χ3v) is 5.79. The van der Waals surface area contributed by atoms with Crippen LogP contribution in [0, 0.1) is 10.1 Å². The molecule has 1 saturated heterocycles. The predicted octanol–water partition coefficient (Wildman–Crippen LogP) is 4.70. The summed E-state index contributed by atoms with van der Waals surface area (Å²) < 4.78 is 0. The van der Waals surface area contributed by atoms with Crippen LogP contribution in [0.4, 0.5) is 34.9 Å². The summed E-state index contributed by atoms with van der Waals surface area (Å²) in [5, 5.41) is 21.3. The van der Waals surface area contributed by atoms with E-state index < -0.39 is 4.92 Å². The Bertz CT molecular complexity index is 1270. The minimum absolute atomic E-state index is 0.00345. The zero-order valence-corrected chi connectivity index (χ0v) is 20.8. The van der Waals surface area contributed by atoms with Crippen molar-refractivity contribution in [1.29, 1.82) is 0 Å². The van der Waals surface area contributed by atoms with Crippen molar-refractivity contribution in [3.63, 3.8) is 0 Å². The molecule has 0 aliphatic carbocycles. The first-order valence-corrected chi connectivity index (χ1v) is 12.1. The van der Waals surface area contributed by atoms with E-state index in [9.17, 15) is 14.9 Å². The lowest BCUT2D eigenvalue weighted by Gasteiger charge is -2.21. The highest BCUT2D eigenvalue weighted by Gasteiger charge is 2.16. The topological polar surface area (TPSA) is 151 Å². The molecular weight excluding hydrogens is 474 g/mol. The van der Waals surface area contributed by atoms with Crippen molar-refractivity contribution in [3.8, 4) is 0 Å². The van der Waals surface area contributed by atoms with Crippen molar-refractivity contribution >= 4 is 46.5 Å². The molecule has 1 aromatic heterocycles. The molecule has 0 spiro atoms. The molecule has 37 heavy (non-hydrogen) atoms. The normalized spacial score (nSPS) is 14.0. The van der Waals surface area contributed by atoms with E-state index in [2.05, 4.69) is 41.0 Å². The Hall–Kier alpha value is -4.61. The quantitative estimate of drug-likeness (QED) is 0.226. The van der Waals surface area contributed by atoms with Gasteiger partial charge in [0.05, 0.1) is 10.6 Å². The monoisotopic (exact) mass is 503 g/mol. The second kappa shape index (κ2) is 11.9. The molecule has 0 atom stereocenters. The summed E-state index contributed by atoms with van der Waals surface area (Å²) >= 11 is 0. The van der Waals surface area contributed by atoms with Gasteiger partial charge in [0.15, 0.2) is 0 Å². The molecule has 12 heteroatoms. The van der Waals surface area contributed by atoms with Crippen LogP contribution in [0.25, 0.3) is 0 Å². The van der Waals surface area contributed by atoms with Crippen LogP contribution >= 0.6 is 0 Å². The summed E-state index contributed by atoms with van der Waals surface area (Å²) in [6.45, 7) is 5.02. The van der Waals surface area contributed by atoms with Crippen molar-refractivity contribution < 1.29 is 9.72 Å². The average molecular weight is 504 g/mol. The first-order valence-electron chi connectivity index (χ1n) is 12.1. The molecule has 1 amide bonds. The molecule has 1 fully saturated rings. The third kappa shape index (κ3) is 7.19. The van der Waals surface area contributed by atoms with Gasteiger partial charge in [0, 0.05) is 43.5 Å². The zero-order chi connectivity index (χ0) is 26.2. The predicted molar refractivity (Wildman–Crippen MR) is 143 cm³/mol. The SMILES string of the molecule is CC(=O)Nc1ccc(C(C)=NNc2nc(Nc3ccc([N+](=O)[O-])cc3)nc(N3CCCCCC3)n2)cc1. The number of carbonyl (C=O) groups excluding carboxylic acids is 1. The number of hydrogen-bond donors (Lipinski definition) is 3. The zero-order valence-electron chi connectivity index (χ0n) is 20.8. The van der Waals surface area contributed by atoms with Crippen LogP contribution in [0.5, 0.6) is 0 Å². The summed E-state index contributed by atoms with van der Waals surface area (Å²) in [6.07, 6.45) is 4.46. The molecule has 192 valence electrons. The van der Waals surface area contributed by atoms with E-state index in [1.807, 2.05) is 31.2 Å². The summed E-state index contributed by atoms with van der Waals surface area (Å²) in [7, 11) is 0. The fraction of sp³-hybridized carbons (Fsp3) is 0.320. The number of benzene rings is 2. The molecule has 3 aromatic rings. The maximum Gasteiger partial charge on any atom is 0.269 e. The summed E-state index contributed by atoms with van der Waals surface area (Å²) in [5.41, 5.74) is 5.83. The van der Waals surface area contributed by atoms with Crippen LogP contribution < -0.4 is 21.0 Å². The van der Waals surface area contributed by atoms with Crippen LogP contribution in [0.3, 0.4) is 0 Å². The van der Waals surface area contributed by atoms with Gasteiger partial charge in [0.25, 0.3) is 5.69 Å². The van der Waals surface area contributed by atoms with Crippen molar-refractivity contribution in [2.24, 2.45) is 5.10 Å². The van der Waals surface area contributed by atoms with Gasteiger partial charge < -0.3 is 15.5 Å². The first-order chi connectivity index (χ1) is 17.9. The molecule has 12 nitrogen and oxygen atoms in total. The third-order valence-electron chi connectivity index (χ3n) is 5.79. The van der Waals surface area contributed by atoms with E-state index in [-0.39, 0.29) is 17.5 Å². The molecular formula is C25H29N9O3. The lowest BCUT2D eigenvalue weighted by molar-refractivity contribution is -0.384. The number of hydrogen-bond acceptors (Lipinski definition) is 10. The fourth-order valence-corrected chi connectivity index (χ4v) is 3.87. The maximum atomic E-state index is 11.2. The second-order valence-electron chi connectivity index (χ2n) is 8.68. The number of amides is 1. The number of nitrogens with one attached hydrogen (secondary N) is 3. The minimum atomic E-state index is -0.445. The van der Waals surface area contributed by atoms with Gasteiger partial charge in [-0.15, -0.1) is 0 Å². The number of rotatable bonds is 8. The van der Waals surface area contributed by atoms with Crippen LogP contribution in [-0.2, 0) is 4.79 Å². The van der Waals surface area contributed by atoms with Crippen LogP contribution in [-0.4, -0.2) is 44.6 Å². The van der Waals surface area contributed by atoms with E-state index in [0.717, 1.165) is 31.5 Å². The number of carbonyl (C=O) groups is 1. The van der Waals surface area contributed by atoms with Crippen molar-refractivity contribution in [2.45, 2.75) is 39.5 Å². The molecule has 2 aromatic carbocycles. The van der Waals surface area contributed by atoms with Crippen molar-refractivity contribution in [2.75, 3.05) is 34.0 Å². The molecule has 0 saturated carbocycles. The lowest BCUT2D eigenvalue weighted by Crippen LogP contribution is -2.26. The first kappa shape index (κ1) is 25.5. The number of non-ortho nitro benzene ring substituents is 1. The standard InChI is InChI=1S/C25H29N9O3/c1-17(19-7-9-20(10-8-19)26-18(2)35)31-32-24-28-23(27-21-11-13-22(14-12-21)34(36)37)29-25(30-24)33-15-5-3-4-6-16-33/h7-14H,3-6,15-16H2,1-2H3,(H,26,35)(H2,27,28,29,30,32). The van der Waals surface area contributed by atoms with Gasteiger partial charge in [0.2, 0.25) is 23.8 Å². The molecule has 1 aliphatic heterocycles. The highest BCUT2D eigenvalue weighted by atomic mass is 16.6. The smallest absolute Gasteiger partial charge is 0.269 e. The van der Waals surface area contributed by atoms with E-state index in [1.54, 1.807) is 12.1 Å². The summed E-state index contributed by atoms with van der Waals surface area (Å²) in [6, 6.07) is 13.4. The van der Waals surface area contributed by atoms with Gasteiger partial charge in [0.1, 0.15) is 0 Å². The van der Waals surface area contributed by atoms with Crippen LogP contribution in [0.15, 0.2) is 53.6 Å². The number of hydrazone groups is 1. The number of nitro groups is 1. The Balaban J connectivity index is 1.56. The maximum absolute atomic E-state index is 11.2. The van der Waals surface area contributed by atoms with Gasteiger partial charge in [-0.3, -0.25) is 14.9 Å². The Morgan fingerprint density at radius 2 is 1.51 bits per heavy atom. The van der Waals surface area contributed by atoms with Gasteiger partial charge >= 0.3 is 0 Å². The number of nitro benzene ring substituents is 1. The Labute approximate surface area is 214 Å². The van der Waals surface area contributed by atoms with Crippen molar-refractivity contribution in [3.05, 3.63) is 64.2 Å². The molecule has 2 heterocycles. The van der Waals surface area contributed by atoms with Crippen LogP contribution in [0.2, 0.25) is 0 Å². The Kier molecular flexibility index (Phi) is 8.18. The second-order valence-corrected chi connectivity index (χ2v) is 8.68. The largest absolute Gasteiger partial charge is 0.341 e. The van der Waals surface area contributed by atoms with E-state index >= 15 is 0 Å². The average Bonchev–Trinajstić information content (AvgIpc) is 3.17. The van der Waals surface area contributed by atoms with E-state index in [4.69, 9.17) is 0 Å². The number of nitrogens with zero attached hydrogens (tertiary/aromatic N) is 6. The van der Waals surface area contributed by atoms with Crippen LogP contribution in [0.1, 0.15) is 45.1 Å². The molecule has 4 rings (SSSR count). The molecule has 1 aliphatic rings.